The van der Waals surface area contributed by atoms with Gasteiger partial charge in [-0.2, -0.15) is 0 Å². The van der Waals surface area contributed by atoms with Crippen molar-refractivity contribution in [2.45, 2.75) is 0 Å². The smallest absolute Gasteiger partial charge is 0.332 e. The molecule has 1 N–H and O–H groups in total. The van der Waals surface area contributed by atoms with Crippen molar-refractivity contribution < 1.29 is 4.79 Å². The van der Waals surface area contributed by atoms with Gasteiger partial charge < -0.3 is 4.98 Å². The number of para-hydroxylation sites is 1. The average molecular weight is 202 g/mol. The lowest BCUT2D eigenvalue weighted by atomic mass is 10.2. The molecule has 0 spiro atoms. The zero-order chi connectivity index (χ0) is 10.8. The van der Waals surface area contributed by atoms with Crippen LogP contribution in [0, 0.1) is 4.91 Å². The van der Waals surface area contributed by atoms with Crippen molar-refractivity contribution >= 4 is 16.8 Å². The van der Waals surface area contributed by atoms with Crippen molar-refractivity contribution in [1.82, 2.24) is 4.98 Å². The number of carbonyl (C=O) groups excluding carboxylic acids is 1. The summed E-state index contributed by atoms with van der Waals surface area (Å²) in [5.74, 6) is -0.974. The molecule has 1 aromatic carbocycles. The maximum atomic E-state index is 11.5. The Kier molecular flexibility index (Phi) is 2.13. The van der Waals surface area contributed by atoms with Crippen LogP contribution in [0.2, 0.25) is 0 Å². The maximum absolute atomic E-state index is 11.5. The number of nitrogens with zero attached hydrogens (tertiary/aromatic N) is 1. The van der Waals surface area contributed by atoms with Crippen LogP contribution in [0.25, 0.3) is 10.9 Å². The van der Waals surface area contributed by atoms with Crippen LogP contribution in [0.1, 0.15) is 10.5 Å². The van der Waals surface area contributed by atoms with Crippen molar-refractivity contribution in [1.29, 1.82) is 0 Å². The van der Waals surface area contributed by atoms with Crippen LogP contribution in [0.15, 0.2) is 40.3 Å². The van der Waals surface area contributed by atoms with Crippen LogP contribution in [0.4, 0.5) is 0 Å². The second kappa shape index (κ2) is 3.45. The van der Waals surface area contributed by atoms with Gasteiger partial charge in [-0.25, -0.2) is 0 Å². The highest BCUT2D eigenvalue weighted by Crippen LogP contribution is 2.07. The summed E-state index contributed by atoms with van der Waals surface area (Å²) < 4.78 is 0. The Hall–Kier alpha value is -2.30. The second-order valence-corrected chi connectivity index (χ2v) is 2.99. The summed E-state index contributed by atoms with van der Waals surface area (Å²) in [6.07, 6.45) is 0. The van der Waals surface area contributed by atoms with Gasteiger partial charge >= 0.3 is 5.91 Å². The Labute approximate surface area is 83.7 Å². The summed E-state index contributed by atoms with van der Waals surface area (Å²) in [5, 5.41) is 2.72. The van der Waals surface area contributed by atoms with E-state index in [1.54, 1.807) is 24.3 Å². The molecule has 0 radical (unpaired) electrons. The van der Waals surface area contributed by atoms with E-state index in [1.165, 1.54) is 0 Å². The minimum absolute atomic E-state index is 0.0892. The largest absolute Gasteiger partial charge is 0.350 e. The first-order valence-corrected chi connectivity index (χ1v) is 4.22. The number of rotatable bonds is 1. The number of pyridine rings is 1. The van der Waals surface area contributed by atoms with E-state index in [0.717, 1.165) is 6.07 Å². The van der Waals surface area contributed by atoms with Gasteiger partial charge in [-0.05, 0) is 12.1 Å². The summed E-state index contributed by atoms with van der Waals surface area (Å²) in [7, 11) is 0. The topological polar surface area (TPSA) is 79.4 Å². The minimum Gasteiger partial charge on any atom is -0.350 e. The lowest BCUT2D eigenvalue weighted by Gasteiger charge is -1.98. The van der Waals surface area contributed by atoms with Crippen molar-refractivity contribution in [3.8, 4) is 0 Å². The number of fused-ring (bicyclic) bond motifs is 1. The van der Waals surface area contributed by atoms with Crippen LogP contribution in [-0.2, 0) is 0 Å². The summed E-state index contributed by atoms with van der Waals surface area (Å²) in [6, 6.07) is 7.80. The first kappa shape index (κ1) is 9.26. The number of nitrogens with one attached hydrogen (secondary N) is 1. The van der Waals surface area contributed by atoms with Gasteiger partial charge in [0.2, 0.25) is 0 Å². The van der Waals surface area contributed by atoms with E-state index in [2.05, 4.69) is 10.2 Å². The van der Waals surface area contributed by atoms with E-state index in [9.17, 15) is 14.5 Å². The molecule has 5 heteroatoms. The van der Waals surface area contributed by atoms with E-state index in [1.807, 2.05) is 0 Å². The zero-order valence-corrected chi connectivity index (χ0v) is 7.56. The number of aromatic nitrogens is 1. The molecule has 0 saturated heterocycles. The Morgan fingerprint density at radius 1 is 1.27 bits per heavy atom. The molecule has 2 rings (SSSR count). The molecule has 1 heterocycles. The third kappa shape index (κ3) is 1.54. The summed E-state index contributed by atoms with van der Waals surface area (Å²) in [6.45, 7) is 0. The number of H-pyrrole nitrogens is 1. The van der Waals surface area contributed by atoms with Crippen LogP contribution < -0.4 is 5.43 Å². The fourth-order valence-electron chi connectivity index (χ4n) is 1.36. The van der Waals surface area contributed by atoms with Crippen molar-refractivity contribution in [2.75, 3.05) is 0 Å². The number of amides is 1. The third-order valence-electron chi connectivity index (χ3n) is 2.05. The molecule has 0 fully saturated rings. The molecule has 2 aromatic rings. The molecule has 1 aromatic heterocycles. The van der Waals surface area contributed by atoms with Crippen LogP contribution in [0.3, 0.4) is 0 Å². The number of aromatic amines is 1. The summed E-state index contributed by atoms with van der Waals surface area (Å²) in [5.41, 5.74) is 0.113. The van der Waals surface area contributed by atoms with E-state index in [4.69, 9.17) is 0 Å². The molecule has 15 heavy (non-hydrogen) atoms. The van der Waals surface area contributed by atoms with Gasteiger partial charge in [0.15, 0.2) is 5.43 Å². The zero-order valence-electron chi connectivity index (χ0n) is 7.56. The minimum atomic E-state index is -0.974. The number of hydrogen-bond acceptors (Lipinski definition) is 3. The quantitative estimate of drug-likeness (QED) is 0.710. The van der Waals surface area contributed by atoms with E-state index in [-0.39, 0.29) is 11.1 Å². The van der Waals surface area contributed by atoms with Crippen LogP contribution in [0.5, 0.6) is 0 Å². The van der Waals surface area contributed by atoms with Crippen molar-refractivity contribution in [3.05, 3.63) is 51.2 Å². The number of carbonyl (C=O) groups is 1. The van der Waals surface area contributed by atoms with Gasteiger partial charge in [0, 0.05) is 22.1 Å². The SMILES string of the molecule is O=NC(=O)c1cc(=O)c2ccccc2[nH]1. The molecular formula is C10H6N2O3. The van der Waals surface area contributed by atoms with E-state index in [0.29, 0.717) is 10.9 Å². The monoisotopic (exact) mass is 202 g/mol. The molecule has 0 saturated carbocycles. The third-order valence-corrected chi connectivity index (χ3v) is 2.05. The van der Waals surface area contributed by atoms with Crippen LogP contribution >= 0.6 is 0 Å². The van der Waals surface area contributed by atoms with Crippen LogP contribution in [-0.4, -0.2) is 10.9 Å². The number of nitroso groups, excluding NO2 is 1. The highest BCUT2D eigenvalue weighted by Gasteiger charge is 2.08. The standard InChI is InChI=1S/C10H6N2O3/c13-9-5-8(10(14)12-15)11-7-4-2-1-3-6(7)9/h1-5H,(H,11,13). The van der Waals surface area contributed by atoms with E-state index < -0.39 is 5.91 Å². The normalized spacial score (nSPS) is 10.1. The summed E-state index contributed by atoms with van der Waals surface area (Å²) in [4.78, 5) is 35.2. The van der Waals surface area contributed by atoms with Gasteiger partial charge in [0.05, 0.1) is 0 Å². The summed E-state index contributed by atoms with van der Waals surface area (Å²) >= 11 is 0. The Morgan fingerprint density at radius 3 is 2.73 bits per heavy atom. The molecule has 74 valence electrons. The highest BCUT2D eigenvalue weighted by atomic mass is 16.3. The highest BCUT2D eigenvalue weighted by molar-refractivity contribution is 5.95. The molecule has 0 aliphatic carbocycles. The molecular weight excluding hydrogens is 196 g/mol. The molecule has 0 bridgehead atoms. The molecule has 5 nitrogen and oxygen atoms in total. The van der Waals surface area contributed by atoms with Gasteiger partial charge in [-0.15, -0.1) is 4.91 Å². The van der Waals surface area contributed by atoms with Crippen molar-refractivity contribution in [3.63, 3.8) is 0 Å². The molecule has 0 atom stereocenters. The van der Waals surface area contributed by atoms with Gasteiger partial charge in [0.25, 0.3) is 0 Å². The Balaban J connectivity index is 2.78. The lowest BCUT2D eigenvalue weighted by Crippen LogP contribution is -2.08. The average Bonchev–Trinajstić information content (AvgIpc) is 2.28. The van der Waals surface area contributed by atoms with Gasteiger partial charge in [-0.1, -0.05) is 12.1 Å². The molecule has 0 unspecified atom stereocenters. The van der Waals surface area contributed by atoms with E-state index >= 15 is 0 Å². The maximum Gasteiger partial charge on any atom is 0.332 e. The lowest BCUT2D eigenvalue weighted by molar-refractivity contribution is 0.0996. The molecule has 0 aliphatic rings. The Morgan fingerprint density at radius 2 is 2.00 bits per heavy atom. The second-order valence-electron chi connectivity index (χ2n) is 2.99. The van der Waals surface area contributed by atoms with Gasteiger partial charge in [0.1, 0.15) is 5.69 Å². The van der Waals surface area contributed by atoms with Crippen molar-refractivity contribution in [2.24, 2.45) is 5.18 Å². The fraction of sp³-hybridized carbons (Fsp3) is 0. The van der Waals surface area contributed by atoms with Gasteiger partial charge in [-0.3, -0.25) is 9.59 Å². The molecule has 0 aliphatic heterocycles. The predicted molar refractivity (Wildman–Crippen MR) is 54.7 cm³/mol. The fourth-order valence-corrected chi connectivity index (χ4v) is 1.36. The predicted octanol–water partition coefficient (Wildman–Crippen LogP) is 1.43. The Bertz CT molecular complexity index is 601. The number of hydrogen-bond donors (Lipinski definition) is 1. The number of benzene rings is 1. The molecule has 1 amide bonds. The first-order valence-electron chi connectivity index (χ1n) is 4.22. The first-order chi connectivity index (χ1) is 7.22.